The van der Waals surface area contributed by atoms with Gasteiger partial charge >= 0.3 is 0 Å². The molecule has 0 aliphatic rings. The van der Waals surface area contributed by atoms with Crippen LogP contribution in [-0.2, 0) is 6.54 Å². The van der Waals surface area contributed by atoms with Crippen LogP contribution in [0.15, 0.2) is 65.8 Å². The third-order valence-corrected chi connectivity index (χ3v) is 4.98. The van der Waals surface area contributed by atoms with Crippen LogP contribution in [0.25, 0.3) is 0 Å². The number of nitrogens with one attached hydrogen (secondary N) is 2. The van der Waals surface area contributed by atoms with Crippen molar-refractivity contribution in [3.05, 3.63) is 94.3 Å². The number of nitrogens with zero attached hydrogens (tertiary/aromatic N) is 2. The average molecular weight is 386 g/mol. The Kier molecular flexibility index (Phi) is 6.39. The van der Waals surface area contributed by atoms with Gasteiger partial charge < -0.3 is 5.32 Å². The lowest BCUT2D eigenvalue weighted by Crippen LogP contribution is -2.36. The van der Waals surface area contributed by atoms with E-state index in [0.717, 1.165) is 28.1 Å². The van der Waals surface area contributed by atoms with Crippen molar-refractivity contribution in [3.63, 3.8) is 0 Å². The number of pyridine rings is 1. The summed E-state index contributed by atoms with van der Waals surface area (Å²) in [5.41, 5.74) is 6.84. The molecule has 0 saturated heterocycles. The third kappa shape index (κ3) is 5.29. The summed E-state index contributed by atoms with van der Waals surface area (Å²) < 4.78 is 0. The Bertz CT molecular complexity index is 1040. The standard InChI is InChI=1S/C24H26N4O/c1-16-11-12-20(14-18(16)3)23(29)28-24(26-15-21-9-5-6-13-25-21)27-22-10-7-8-17(2)19(22)4/h5-14H,15H2,1-4H3,(H2,26,27,28,29). The molecule has 0 saturated carbocycles. The van der Waals surface area contributed by atoms with Gasteiger partial charge in [-0.05, 0) is 80.3 Å². The Hall–Kier alpha value is -3.47. The van der Waals surface area contributed by atoms with Crippen molar-refractivity contribution < 1.29 is 4.79 Å². The molecule has 148 valence electrons. The van der Waals surface area contributed by atoms with Crippen LogP contribution in [0.1, 0.15) is 38.3 Å². The SMILES string of the molecule is Cc1ccc(C(=O)NC(=NCc2ccccn2)Nc2cccc(C)c2C)cc1C. The summed E-state index contributed by atoms with van der Waals surface area (Å²) in [4.78, 5) is 21.7. The molecule has 5 nitrogen and oxygen atoms in total. The summed E-state index contributed by atoms with van der Waals surface area (Å²) in [5.74, 6) is 0.193. The van der Waals surface area contributed by atoms with Crippen molar-refractivity contribution in [1.29, 1.82) is 0 Å². The highest BCUT2D eigenvalue weighted by Gasteiger charge is 2.12. The Morgan fingerprint density at radius 3 is 2.48 bits per heavy atom. The van der Waals surface area contributed by atoms with Gasteiger partial charge in [-0.15, -0.1) is 0 Å². The molecule has 2 aromatic carbocycles. The minimum absolute atomic E-state index is 0.203. The van der Waals surface area contributed by atoms with Crippen LogP contribution < -0.4 is 10.6 Å². The average Bonchev–Trinajstić information content (AvgIpc) is 2.72. The highest BCUT2D eigenvalue weighted by atomic mass is 16.1. The van der Waals surface area contributed by atoms with E-state index < -0.39 is 0 Å². The Morgan fingerprint density at radius 2 is 1.76 bits per heavy atom. The molecule has 1 amide bonds. The molecule has 29 heavy (non-hydrogen) atoms. The summed E-state index contributed by atoms with van der Waals surface area (Å²) in [6, 6.07) is 17.4. The molecule has 1 heterocycles. The van der Waals surface area contributed by atoms with E-state index in [9.17, 15) is 4.79 Å². The molecule has 0 fully saturated rings. The number of carbonyl (C=O) groups excluding carboxylic acids is 1. The molecule has 5 heteroatoms. The molecule has 0 unspecified atom stereocenters. The van der Waals surface area contributed by atoms with Gasteiger partial charge in [0.15, 0.2) is 0 Å². The topological polar surface area (TPSA) is 66.4 Å². The largest absolute Gasteiger partial charge is 0.326 e. The van der Waals surface area contributed by atoms with Gasteiger partial charge in [0.1, 0.15) is 0 Å². The Balaban J connectivity index is 1.86. The lowest BCUT2D eigenvalue weighted by atomic mass is 10.1. The van der Waals surface area contributed by atoms with Crippen LogP contribution in [0.4, 0.5) is 5.69 Å². The first kappa shape index (κ1) is 20.3. The van der Waals surface area contributed by atoms with Gasteiger partial charge in [-0.3, -0.25) is 15.1 Å². The zero-order valence-electron chi connectivity index (χ0n) is 17.3. The fourth-order valence-electron chi connectivity index (χ4n) is 2.84. The molecule has 0 atom stereocenters. The molecular formula is C24H26N4O. The predicted molar refractivity (Wildman–Crippen MR) is 118 cm³/mol. The van der Waals surface area contributed by atoms with Crippen LogP contribution in [0.5, 0.6) is 0 Å². The summed E-state index contributed by atoms with van der Waals surface area (Å²) in [7, 11) is 0. The van der Waals surface area contributed by atoms with E-state index in [2.05, 4.69) is 33.6 Å². The predicted octanol–water partition coefficient (Wildman–Crippen LogP) is 4.71. The van der Waals surface area contributed by atoms with Gasteiger partial charge in [0, 0.05) is 17.4 Å². The molecule has 2 N–H and O–H groups in total. The Morgan fingerprint density at radius 1 is 0.931 bits per heavy atom. The number of amides is 1. The zero-order chi connectivity index (χ0) is 20.8. The molecule has 0 bridgehead atoms. The molecule has 3 rings (SSSR count). The number of guanidine groups is 1. The summed E-state index contributed by atoms with van der Waals surface area (Å²) >= 11 is 0. The maximum atomic E-state index is 12.8. The van der Waals surface area contributed by atoms with Crippen molar-refractivity contribution in [1.82, 2.24) is 10.3 Å². The van der Waals surface area contributed by atoms with Crippen molar-refractivity contribution in [2.75, 3.05) is 5.32 Å². The zero-order valence-corrected chi connectivity index (χ0v) is 17.3. The normalized spacial score (nSPS) is 11.2. The second kappa shape index (κ2) is 9.15. The van der Waals surface area contributed by atoms with Crippen LogP contribution in [0.2, 0.25) is 0 Å². The lowest BCUT2D eigenvalue weighted by molar-refractivity contribution is 0.0977. The fourth-order valence-corrected chi connectivity index (χ4v) is 2.84. The molecular weight excluding hydrogens is 360 g/mol. The summed E-state index contributed by atoms with van der Waals surface area (Å²) in [5, 5.41) is 6.19. The van der Waals surface area contributed by atoms with Crippen molar-refractivity contribution in [3.8, 4) is 0 Å². The van der Waals surface area contributed by atoms with Crippen LogP contribution in [0, 0.1) is 27.7 Å². The smallest absolute Gasteiger partial charge is 0.257 e. The van der Waals surface area contributed by atoms with Crippen molar-refractivity contribution in [2.45, 2.75) is 34.2 Å². The van der Waals surface area contributed by atoms with E-state index in [4.69, 9.17) is 0 Å². The van der Waals surface area contributed by atoms with Crippen LogP contribution in [-0.4, -0.2) is 16.9 Å². The molecule has 0 radical (unpaired) electrons. The number of rotatable bonds is 4. The quantitative estimate of drug-likeness (QED) is 0.504. The Labute approximate surface area is 171 Å². The first-order valence-electron chi connectivity index (χ1n) is 9.60. The molecule has 0 spiro atoms. The summed E-state index contributed by atoms with van der Waals surface area (Å²) in [6.45, 7) is 8.48. The first-order valence-corrected chi connectivity index (χ1v) is 9.60. The van der Waals surface area contributed by atoms with E-state index in [-0.39, 0.29) is 5.91 Å². The van der Waals surface area contributed by atoms with Gasteiger partial charge in [0.05, 0.1) is 12.2 Å². The van der Waals surface area contributed by atoms with Gasteiger partial charge in [-0.1, -0.05) is 24.3 Å². The van der Waals surface area contributed by atoms with E-state index in [1.807, 2.05) is 69.3 Å². The van der Waals surface area contributed by atoms with E-state index in [1.165, 1.54) is 5.56 Å². The maximum Gasteiger partial charge on any atom is 0.257 e. The lowest BCUT2D eigenvalue weighted by Gasteiger charge is -2.15. The monoisotopic (exact) mass is 386 g/mol. The molecule has 1 aromatic heterocycles. The number of hydrogen-bond donors (Lipinski definition) is 2. The van der Waals surface area contributed by atoms with Crippen molar-refractivity contribution >= 4 is 17.6 Å². The second-order valence-electron chi connectivity index (χ2n) is 7.11. The number of aliphatic imine (C=N–C) groups is 1. The minimum Gasteiger partial charge on any atom is -0.326 e. The van der Waals surface area contributed by atoms with E-state index in [0.29, 0.717) is 18.1 Å². The molecule has 0 aliphatic carbocycles. The number of hydrogen-bond acceptors (Lipinski definition) is 3. The number of carbonyl (C=O) groups is 1. The van der Waals surface area contributed by atoms with Crippen LogP contribution in [0.3, 0.4) is 0 Å². The van der Waals surface area contributed by atoms with Crippen molar-refractivity contribution in [2.24, 2.45) is 4.99 Å². The van der Waals surface area contributed by atoms with E-state index in [1.54, 1.807) is 6.20 Å². The van der Waals surface area contributed by atoms with Gasteiger partial charge in [0.2, 0.25) is 5.96 Å². The van der Waals surface area contributed by atoms with Crippen LogP contribution >= 0.6 is 0 Å². The van der Waals surface area contributed by atoms with Gasteiger partial charge in [-0.2, -0.15) is 0 Å². The third-order valence-electron chi connectivity index (χ3n) is 4.98. The maximum absolute atomic E-state index is 12.8. The fraction of sp³-hybridized carbons (Fsp3) is 0.208. The number of anilines is 1. The minimum atomic E-state index is -0.203. The molecule has 3 aromatic rings. The van der Waals surface area contributed by atoms with E-state index >= 15 is 0 Å². The number of aromatic nitrogens is 1. The highest BCUT2D eigenvalue weighted by Crippen LogP contribution is 2.18. The first-order chi connectivity index (χ1) is 13.9. The van der Waals surface area contributed by atoms with Gasteiger partial charge in [0.25, 0.3) is 5.91 Å². The van der Waals surface area contributed by atoms with Gasteiger partial charge in [-0.25, -0.2) is 4.99 Å². The highest BCUT2D eigenvalue weighted by molar-refractivity contribution is 6.10. The summed E-state index contributed by atoms with van der Waals surface area (Å²) in [6.07, 6.45) is 1.73. The number of aryl methyl sites for hydroxylation is 3. The number of benzene rings is 2. The molecule has 0 aliphatic heterocycles. The second-order valence-corrected chi connectivity index (χ2v) is 7.11.